The Morgan fingerprint density at radius 3 is 2.58 bits per heavy atom. The molecule has 0 spiro atoms. The first-order valence-electron chi connectivity index (χ1n) is 5.38. The molecule has 5 nitrogen and oxygen atoms in total. The normalized spacial score (nSPS) is 10.2. The van der Waals surface area contributed by atoms with Gasteiger partial charge in [-0.2, -0.15) is 0 Å². The van der Waals surface area contributed by atoms with Crippen LogP contribution in [0.5, 0.6) is 0 Å². The molecule has 2 aromatic rings. The molecule has 19 heavy (non-hydrogen) atoms. The average Bonchev–Trinajstić information content (AvgIpc) is 2.78. The molecule has 1 aromatic carbocycles. The fourth-order valence-electron chi connectivity index (χ4n) is 1.56. The summed E-state index contributed by atoms with van der Waals surface area (Å²) in [6.07, 6.45) is 0. The second-order valence-electron chi connectivity index (χ2n) is 3.91. The second-order valence-corrected chi connectivity index (χ2v) is 4.69. The molecule has 0 radical (unpaired) electrons. The summed E-state index contributed by atoms with van der Waals surface area (Å²) in [5, 5.41) is 11.6. The molecule has 1 heterocycles. The molecular formula is C13H10BrNO4. The number of rotatable bonds is 3. The van der Waals surface area contributed by atoms with E-state index in [0.717, 1.165) is 5.56 Å². The van der Waals surface area contributed by atoms with Crippen molar-refractivity contribution in [3.63, 3.8) is 0 Å². The number of amides is 1. The summed E-state index contributed by atoms with van der Waals surface area (Å²) in [5.74, 6) is -1.50. The zero-order valence-corrected chi connectivity index (χ0v) is 11.5. The molecule has 0 aliphatic rings. The van der Waals surface area contributed by atoms with Gasteiger partial charge in [-0.15, -0.1) is 0 Å². The van der Waals surface area contributed by atoms with E-state index in [1.807, 2.05) is 0 Å². The number of anilines is 1. The highest BCUT2D eigenvalue weighted by Gasteiger charge is 2.15. The molecule has 6 heteroatoms. The maximum Gasteiger partial charge on any atom is 0.337 e. The van der Waals surface area contributed by atoms with E-state index in [1.54, 1.807) is 25.1 Å². The first kappa shape index (κ1) is 13.4. The first-order chi connectivity index (χ1) is 8.97. The number of nitrogens with one attached hydrogen (secondary N) is 1. The summed E-state index contributed by atoms with van der Waals surface area (Å²) < 4.78 is 5.53. The lowest BCUT2D eigenvalue weighted by Gasteiger charge is -2.08. The number of carboxylic acids is 1. The van der Waals surface area contributed by atoms with Crippen LogP contribution in [0.4, 0.5) is 5.69 Å². The molecular weight excluding hydrogens is 314 g/mol. The van der Waals surface area contributed by atoms with E-state index in [-0.39, 0.29) is 17.0 Å². The minimum absolute atomic E-state index is 0.0407. The third-order valence-electron chi connectivity index (χ3n) is 2.45. The summed E-state index contributed by atoms with van der Waals surface area (Å²) in [7, 11) is 0. The van der Waals surface area contributed by atoms with Crippen molar-refractivity contribution in [2.75, 3.05) is 5.32 Å². The summed E-state index contributed by atoms with van der Waals surface area (Å²) in [4.78, 5) is 23.0. The van der Waals surface area contributed by atoms with Gasteiger partial charge in [0.25, 0.3) is 5.91 Å². The van der Waals surface area contributed by atoms with E-state index in [9.17, 15) is 9.59 Å². The van der Waals surface area contributed by atoms with Gasteiger partial charge in [-0.05, 0) is 47.1 Å². The van der Waals surface area contributed by atoms with Crippen LogP contribution in [0.15, 0.2) is 39.4 Å². The summed E-state index contributed by atoms with van der Waals surface area (Å²) in [6.45, 7) is 1.78. The van der Waals surface area contributed by atoms with Gasteiger partial charge in [0, 0.05) is 0 Å². The Kier molecular flexibility index (Phi) is 3.71. The molecule has 1 aromatic heterocycles. The molecule has 2 rings (SSSR count). The van der Waals surface area contributed by atoms with Crippen LogP contribution in [-0.2, 0) is 0 Å². The number of hydrogen-bond acceptors (Lipinski definition) is 3. The lowest BCUT2D eigenvalue weighted by molar-refractivity contribution is 0.0698. The number of carbonyl (C=O) groups is 2. The Labute approximate surface area is 117 Å². The third-order valence-corrected chi connectivity index (χ3v) is 2.88. The Hall–Kier alpha value is -2.08. The number of halogens is 1. The minimum atomic E-state index is -1.10. The number of aryl methyl sites for hydroxylation is 1. The molecule has 0 saturated heterocycles. The lowest BCUT2D eigenvalue weighted by Crippen LogP contribution is -2.14. The SMILES string of the molecule is Cc1ccc(NC(=O)c2ccc(Br)o2)c(C(=O)O)c1. The molecule has 0 bridgehead atoms. The molecule has 0 aliphatic heterocycles. The maximum atomic E-state index is 11.9. The highest BCUT2D eigenvalue weighted by atomic mass is 79.9. The number of aromatic carboxylic acids is 1. The number of furan rings is 1. The largest absolute Gasteiger partial charge is 0.478 e. The fraction of sp³-hybridized carbons (Fsp3) is 0.0769. The van der Waals surface area contributed by atoms with Gasteiger partial charge >= 0.3 is 5.97 Å². The van der Waals surface area contributed by atoms with Gasteiger partial charge in [0.15, 0.2) is 10.4 Å². The zero-order valence-electron chi connectivity index (χ0n) is 9.94. The van der Waals surface area contributed by atoms with Crippen LogP contribution in [0.1, 0.15) is 26.5 Å². The monoisotopic (exact) mass is 323 g/mol. The van der Waals surface area contributed by atoms with Gasteiger partial charge in [0.2, 0.25) is 0 Å². The van der Waals surface area contributed by atoms with E-state index in [1.165, 1.54) is 12.1 Å². The molecule has 0 atom stereocenters. The average molecular weight is 324 g/mol. The summed E-state index contributed by atoms with van der Waals surface area (Å²) >= 11 is 3.09. The van der Waals surface area contributed by atoms with Crippen molar-refractivity contribution in [1.82, 2.24) is 0 Å². The van der Waals surface area contributed by atoms with Crippen molar-refractivity contribution >= 4 is 33.5 Å². The molecule has 0 saturated carbocycles. The number of carboxylic acid groups (broad SMARTS) is 1. The maximum absolute atomic E-state index is 11.9. The van der Waals surface area contributed by atoms with Crippen molar-refractivity contribution in [3.8, 4) is 0 Å². The Morgan fingerprint density at radius 2 is 2.00 bits per heavy atom. The van der Waals surface area contributed by atoms with Gasteiger partial charge in [-0.1, -0.05) is 11.6 Å². The molecule has 98 valence electrons. The van der Waals surface area contributed by atoms with E-state index in [2.05, 4.69) is 21.2 Å². The Morgan fingerprint density at radius 1 is 1.26 bits per heavy atom. The van der Waals surface area contributed by atoms with Crippen LogP contribution in [-0.4, -0.2) is 17.0 Å². The predicted octanol–water partition coefficient (Wildman–Crippen LogP) is 3.30. The molecule has 0 aliphatic carbocycles. The van der Waals surface area contributed by atoms with Gasteiger partial charge < -0.3 is 14.8 Å². The standard InChI is InChI=1S/C13H10BrNO4/c1-7-2-3-9(8(6-7)13(17)18)15-12(16)10-4-5-11(14)19-10/h2-6H,1H3,(H,15,16)(H,17,18). The van der Waals surface area contributed by atoms with Crippen LogP contribution in [0.3, 0.4) is 0 Å². The fourth-order valence-corrected chi connectivity index (χ4v) is 1.87. The zero-order chi connectivity index (χ0) is 14.0. The van der Waals surface area contributed by atoms with E-state index in [0.29, 0.717) is 4.67 Å². The van der Waals surface area contributed by atoms with Crippen LogP contribution in [0.25, 0.3) is 0 Å². The Balaban J connectivity index is 2.28. The van der Waals surface area contributed by atoms with Crippen LogP contribution in [0, 0.1) is 6.92 Å². The van der Waals surface area contributed by atoms with Crippen LogP contribution in [0.2, 0.25) is 0 Å². The van der Waals surface area contributed by atoms with E-state index < -0.39 is 11.9 Å². The van der Waals surface area contributed by atoms with Gasteiger partial charge in [0.05, 0.1) is 11.3 Å². The smallest absolute Gasteiger partial charge is 0.337 e. The van der Waals surface area contributed by atoms with E-state index in [4.69, 9.17) is 9.52 Å². The van der Waals surface area contributed by atoms with Gasteiger partial charge in [0.1, 0.15) is 0 Å². The molecule has 2 N–H and O–H groups in total. The summed E-state index contributed by atoms with van der Waals surface area (Å²) in [5.41, 5.74) is 1.07. The quantitative estimate of drug-likeness (QED) is 0.908. The van der Waals surface area contributed by atoms with Crippen molar-refractivity contribution < 1.29 is 19.1 Å². The number of carbonyl (C=O) groups excluding carboxylic acids is 1. The van der Waals surface area contributed by atoms with Crippen molar-refractivity contribution in [1.29, 1.82) is 0 Å². The highest BCUT2D eigenvalue weighted by molar-refractivity contribution is 9.10. The Bertz CT molecular complexity index is 648. The molecule has 0 fully saturated rings. The van der Waals surface area contributed by atoms with Gasteiger partial charge in [-0.25, -0.2) is 4.79 Å². The third kappa shape index (κ3) is 3.03. The lowest BCUT2D eigenvalue weighted by atomic mass is 10.1. The van der Waals surface area contributed by atoms with Crippen LogP contribution < -0.4 is 5.32 Å². The van der Waals surface area contributed by atoms with Crippen LogP contribution >= 0.6 is 15.9 Å². The van der Waals surface area contributed by atoms with Crippen molar-refractivity contribution in [2.45, 2.75) is 6.92 Å². The topological polar surface area (TPSA) is 79.5 Å². The number of hydrogen-bond donors (Lipinski definition) is 2. The minimum Gasteiger partial charge on any atom is -0.478 e. The highest BCUT2D eigenvalue weighted by Crippen LogP contribution is 2.20. The number of benzene rings is 1. The predicted molar refractivity (Wildman–Crippen MR) is 72.5 cm³/mol. The van der Waals surface area contributed by atoms with Crippen molar-refractivity contribution in [2.24, 2.45) is 0 Å². The van der Waals surface area contributed by atoms with E-state index >= 15 is 0 Å². The molecule has 1 amide bonds. The van der Waals surface area contributed by atoms with Gasteiger partial charge in [-0.3, -0.25) is 4.79 Å². The molecule has 0 unspecified atom stereocenters. The van der Waals surface area contributed by atoms with Crippen molar-refractivity contribution in [3.05, 3.63) is 51.9 Å². The second kappa shape index (κ2) is 5.27. The summed E-state index contributed by atoms with van der Waals surface area (Å²) in [6, 6.07) is 7.85. The first-order valence-corrected chi connectivity index (χ1v) is 6.17.